The molecule has 1 aromatic heterocycles. The molecule has 1 atom stereocenters. The van der Waals surface area contributed by atoms with Crippen LogP contribution < -0.4 is 10.8 Å². The van der Waals surface area contributed by atoms with Crippen molar-refractivity contribution in [3.8, 4) is 0 Å². The van der Waals surface area contributed by atoms with Crippen molar-refractivity contribution in [2.75, 3.05) is 0 Å². The molecule has 0 aliphatic rings. The fraction of sp³-hybridized carbons (Fsp3) is 0.286. The van der Waals surface area contributed by atoms with Gasteiger partial charge < -0.3 is 20.6 Å². The molecule has 0 aliphatic carbocycles. The molecule has 0 aliphatic heterocycles. The van der Waals surface area contributed by atoms with Gasteiger partial charge in [-0.3, -0.25) is 4.79 Å². The van der Waals surface area contributed by atoms with Gasteiger partial charge in [-0.05, 0) is 11.6 Å². The Bertz CT molecular complexity index is 388. The standard InChI is InChI=1S/C7H8ClN3O3/c1-2(6(13)14)3-4(5(9)12)11-7(8)10-3/h2H,1H3,(H2,9,12)(H,10,11)(H,13,14)/p-1. The van der Waals surface area contributed by atoms with E-state index < -0.39 is 17.8 Å². The predicted octanol–water partition coefficient (Wildman–Crippen LogP) is -0.985. The summed E-state index contributed by atoms with van der Waals surface area (Å²) in [7, 11) is 0. The Morgan fingerprint density at radius 2 is 2.21 bits per heavy atom. The van der Waals surface area contributed by atoms with Gasteiger partial charge in [-0.25, -0.2) is 4.98 Å². The highest BCUT2D eigenvalue weighted by molar-refractivity contribution is 6.28. The Labute approximate surface area is 84.1 Å². The van der Waals surface area contributed by atoms with Crippen molar-refractivity contribution >= 4 is 23.5 Å². The van der Waals surface area contributed by atoms with Crippen LogP contribution in [0.25, 0.3) is 0 Å². The molecule has 1 aromatic rings. The number of hydrogen-bond acceptors (Lipinski definition) is 4. The number of hydrogen-bond donors (Lipinski definition) is 2. The number of carboxylic acids is 1. The van der Waals surface area contributed by atoms with E-state index in [4.69, 9.17) is 17.3 Å². The lowest BCUT2D eigenvalue weighted by Gasteiger charge is -2.10. The van der Waals surface area contributed by atoms with Crippen LogP contribution in [0.4, 0.5) is 0 Å². The number of nitrogens with two attached hydrogens (primary N) is 1. The zero-order valence-corrected chi connectivity index (χ0v) is 7.96. The zero-order valence-electron chi connectivity index (χ0n) is 7.20. The first-order chi connectivity index (χ1) is 6.43. The van der Waals surface area contributed by atoms with Crippen LogP contribution in [0.2, 0.25) is 5.28 Å². The number of rotatable bonds is 3. The van der Waals surface area contributed by atoms with E-state index in [2.05, 4.69) is 9.97 Å². The molecule has 6 nitrogen and oxygen atoms in total. The molecule has 0 radical (unpaired) electrons. The van der Waals surface area contributed by atoms with E-state index in [1.807, 2.05) is 0 Å². The molecule has 0 fully saturated rings. The number of H-pyrrole nitrogens is 1. The quantitative estimate of drug-likeness (QED) is 0.676. The number of nitrogens with zero attached hydrogens (tertiary/aromatic N) is 1. The Balaban J connectivity index is 3.19. The smallest absolute Gasteiger partial charge is 0.269 e. The Morgan fingerprint density at radius 3 is 2.64 bits per heavy atom. The minimum absolute atomic E-state index is 0.0579. The van der Waals surface area contributed by atoms with E-state index in [0.717, 1.165) is 0 Å². The van der Waals surface area contributed by atoms with Crippen molar-refractivity contribution in [1.82, 2.24) is 9.97 Å². The van der Waals surface area contributed by atoms with Crippen LogP contribution in [0.15, 0.2) is 0 Å². The molecule has 3 N–H and O–H groups in total. The molecule has 0 spiro atoms. The lowest BCUT2D eigenvalue weighted by Crippen LogP contribution is -2.29. The van der Waals surface area contributed by atoms with Gasteiger partial charge in [0, 0.05) is 5.92 Å². The fourth-order valence-corrected chi connectivity index (χ4v) is 1.16. The van der Waals surface area contributed by atoms with Crippen LogP contribution >= 0.6 is 11.6 Å². The predicted molar refractivity (Wildman–Crippen MR) is 45.5 cm³/mol. The van der Waals surface area contributed by atoms with Crippen LogP contribution in [0.3, 0.4) is 0 Å². The fourth-order valence-electron chi connectivity index (χ4n) is 0.976. The largest absolute Gasteiger partial charge is 0.549 e. The topological polar surface area (TPSA) is 112 Å². The van der Waals surface area contributed by atoms with Gasteiger partial charge in [0.05, 0.1) is 11.7 Å². The van der Waals surface area contributed by atoms with E-state index in [9.17, 15) is 14.7 Å². The highest BCUT2D eigenvalue weighted by atomic mass is 35.5. The summed E-state index contributed by atoms with van der Waals surface area (Å²) in [6, 6.07) is 0. The number of aromatic nitrogens is 2. The third-order valence-corrected chi connectivity index (χ3v) is 1.90. The van der Waals surface area contributed by atoms with Gasteiger partial charge in [-0.15, -0.1) is 0 Å². The summed E-state index contributed by atoms with van der Waals surface area (Å²) >= 11 is 5.47. The number of imidazole rings is 1. The highest BCUT2D eigenvalue weighted by Gasteiger charge is 2.19. The molecule has 1 heterocycles. The molecular weight excluding hydrogens is 210 g/mol. The molecule has 0 bridgehead atoms. The van der Waals surface area contributed by atoms with Gasteiger partial charge in [-0.2, -0.15) is 0 Å². The Morgan fingerprint density at radius 1 is 1.64 bits per heavy atom. The molecule has 1 rings (SSSR count). The molecule has 7 heteroatoms. The van der Waals surface area contributed by atoms with E-state index >= 15 is 0 Å². The number of amides is 1. The second kappa shape index (κ2) is 3.67. The molecule has 0 saturated carbocycles. The summed E-state index contributed by atoms with van der Waals surface area (Å²) in [6.45, 7) is 1.34. The monoisotopic (exact) mass is 216 g/mol. The van der Waals surface area contributed by atoms with Crippen molar-refractivity contribution in [3.05, 3.63) is 16.7 Å². The lowest BCUT2D eigenvalue weighted by molar-refractivity contribution is -0.307. The molecule has 1 amide bonds. The van der Waals surface area contributed by atoms with Crippen LogP contribution in [-0.4, -0.2) is 21.8 Å². The SMILES string of the molecule is CC(C(=O)[O-])c1[nH]c(Cl)nc1C(N)=O. The number of carbonyl (C=O) groups is 2. The van der Waals surface area contributed by atoms with E-state index in [0.29, 0.717) is 0 Å². The molecule has 76 valence electrons. The number of aliphatic carboxylic acids is 1. The van der Waals surface area contributed by atoms with Gasteiger partial charge in [-0.1, -0.05) is 6.92 Å². The normalized spacial score (nSPS) is 12.4. The number of primary amides is 1. The first-order valence-electron chi connectivity index (χ1n) is 3.69. The van der Waals surface area contributed by atoms with Crippen LogP contribution in [0, 0.1) is 0 Å². The average Bonchev–Trinajstić information content (AvgIpc) is 2.45. The van der Waals surface area contributed by atoms with Crippen molar-refractivity contribution in [1.29, 1.82) is 0 Å². The number of carbonyl (C=O) groups excluding carboxylic acids is 2. The molecular formula is C7H7ClN3O3-. The van der Waals surface area contributed by atoms with Gasteiger partial charge in [0.15, 0.2) is 5.69 Å². The van der Waals surface area contributed by atoms with Crippen LogP contribution in [-0.2, 0) is 4.79 Å². The molecule has 0 saturated heterocycles. The minimum Gasteiger partial charge on any atom is -0.549 e. The van der Waals surface area contributed by atoms with Crippen molar-refractivity contribution in [2.24, 2.45) is 5.73 Å². The van der Waals surface area contributed by atoms with Crippen molar-refractivity contribution in [2.45, 2.75) is 12.8 Å². The Kier molecular flexibility index (Phi) is 2.76. The highest BCUT2D eigenvalue weighted by Crippen LogP contribution is 2.18. The van der Waals surface area contributed by atoms with Crippen molar-refractivity contribution in [3.63, 3.8) is 0 Å². The van der Waals surface area contributed by atoms with E-state index in [1.165, 1.54) is 6.92 Å². The number of carboxylic acid groups (broad SMARTS) is 1. The summed E-state index contributed by atoms with van der Waals surface area (Å²) in [5.74, 6) is -3.19. The first kappa shape index (κ1) is 10.5. The summed E-state index contributed by atoms with van der Waals surface area (Å²) in [5.41, 5.74) is 4.86. The second-order valence-electron chi connectivity index (χ2n) is 2.69. The lowest BCUT2D eigenvalue weighted by atomic mass is 10.1. The number of nitrogens with one attached hydrogen (secondary N) is 1. The van der Waals surface area contributed by atoms with Gasteiger partial charge in [0.2, 0.25) is 5.28 Å². The molecule has 14 heavy (non-hydrogen) atoms. The maximum Gasteiger partial charge on any atom is 0.269 e. The van der Waals surface area contributed by atoms with E-state index in [1.54, 1.807) is 0 Å². The first-order valence-corrected chi connectivity index (χ1v) is 4.07. The second-order valence-corrected chi connectivity index (χ2v) is 3.05. The summed E-state index contributed by atoms with van der Waals surface area (Å²) in [5, 5.41) is 10.4. The van der Waals surface area contributed by atoms with Gasteiger partial charge in [0.25, 0.3) is 5.91 Å². The molecule has 0 aromatic carbocycles. The zero-order chi connectivity index (χ0) is 10.9. The average molecular weight is 217 g/mol. The van der Waals surface area contributed by atoms with Crippen molar-refractivity contribution < 1.29 is 14.7 Å². The third kappa shape index (κ3) is 1.85. The van der Waals surface area contributed by atoms with Gasteiger partial charge in [0.1, 0.15) is 0 Å². The van der Waals surface area contributed by atoms with Crippen LogP contribution in [0.1, 0.15) is 29.0 Å². The Hall–Kier alpha value is -1.56. The summed E-state index contributed by atoms with van der Waals surface area (Å²) < 4.78 is 0. The summed E-state index contributed by atoms with van der Waals surface area (Å²) in [4.78, 5) is 27.4. The summed E-state index contributed by atoms with van der Waals surface area (Å²) in [6.07, 6.45) is 0. The maximum absolute atomic E-state index is 10.8. The number of aromatic amines is 1. The molecule has 1 unspecified atom stereocenters. The maximum atomic E-state index is 10.8. The number of halogens is 1. The van der Waals surface area contributed by atoms with Crippen LogP contribution in [0.5, 0.6) is 0 Å². The van der Waals surface area contributed by atoms with Gasteiger partial charge >= 0.3 is 0 Å². The third-order valence-electron chi connectivity index (χ3n) is 1.72. The van der Waals surface area contributed by atoms with E-state index in [-0.39, 0.29) is 16.7 Å². The minimum atomic E-state index is -1.34.